The van der Waals surface area contributed by atoms with Crippen LogP contribution in [0.15, 0.2) is 57.5 Å². The summed E-state index contributed by atoms with van der Waals surface area (Å²) in [6, 6.07) is 10.7. The van der Waals surface area contributed by atoms with Gasteiger partial charge in [-0.1, -0.05) is 18.2 Å². The number of rotatable bonds is 7. The SMILES string of the molecule is CN=C(NCc1coc(-c2cccs2)n1)NCC(c1ccc(F)cc1)N1CCOCC1.I. The second-order valence-electron chi connectivity index (χ2n) is 7.14. The second-order valence-corrected chi connectivity index (χ2v) is 8.09. The van der Waals surface area contributed by atoms with E-state index in [-0.39, 0.29) is 35.8 Å². The van der Waals surface area contributed by atoms with Gasteiger partial charge in [-0.25, -0.2) is 9.37 Å². The van der Waals surface area contributed by atoms with Crippen molar-refractivity contribution in [1.29, 1.82) is 0 Å². The highest BCUT2D eigenvalue weighted by Gasteiger charge is 2.23. The van der Waals surface area contributed by atoms with Crippen LogP contribution in [-0.4, -0.2) is 55.7 Å². The monoisotopic (exact) mass is 571 g/mol. The maximum absolute atomic E-state index is 13.4. The Kier molecular flexibility index (Phi) is 9.45. The Labute approximate surface area is 208 Å². The second kappa shape index (κ2) is 12.3. The minimum atomic E-state index is -0.232. The zero-order chi connectivity index (χ0) is 21.5. The van der Waals surface area contributed by atoms with E-state index in [1.54, 1.807) is 24.6 Å². The van der Waals surface area contributed by atoms with Gasteiger partial charge in [-0.2, -0.15) is 0 Å². The number of nitrogens with one attached hydrogen (secondary N) is 2. The van der Waals surface area contributed by atoms with E-state index in [0.717, 1.165) is 29.2 Å². The maximum Gasteiger partial charge on any atom is 0.236 e. The summed E-state index contributed by atoms with van der Waals surface area (Å²) in [5, 5.41) is 8.67. The molecule has 0 spiro atoms. The first kappa shape index (κ1) is 24.6. The highest BCUT2D eigenvalue weighted by atomic mass is 127. The van der Waals surface area contributed by atoms with Gasteiger partial charge in [-0.15, -0.1) is 35.3 Å². The predicted octanol–water partition coefficient (Wildman–Crippen LogP) is 3.90. The number of oxazole rings is 1. The number of guanidine groups is 1. The predicted molar refractivity (Wildman–Crippen MR) is 135 cm³/mol. The highest BCUT2D eigenvalue weighted by molar-refractivity contribution is 14.0. The molecule has 2 N–H and O–H groups in total. The summed E-state index contributed by atoms with van der Waals surface area (Å²) in [5.41, 5.74) is 1.86. The molecule has 3 aromatic rings. The van der Waals surface area contributed by atoms with Crippen LogP contribution in [0.5, 0.6) is 0 Å². The fourth-order valence-corrected chi connectivity index (χ4v) is 4.18. The molecule has 0 aliphatic carbocycles. The summed E-state index contributed by atoms with van der Waals surface area (Å²) in [5.74, 6) is 1.06. The lowest BCUT2D eigenvalue weighted by atomic mass is 10.0. The van der Waals surface area contributed by atoms with Crippen LogP contribution in [0.3, 0.4) is 0 Å². The Bertz CT molecular complexity index is 975. The smallest absolute Gasteiger partial charge is 0.236 e. The Morgan fingerprint density at radius 1 is 1.22 bits per heavy atom. The van der Waals surface area contributed by atoms with Crippen LogP contribution >= 0.6 is 35.3 Å². The zero-order valence-corrected chi connectivity index (χ0v) is 20.9. The van der Waals surface area contributed by atoms with Gasteiger partial charge < -0.3 is 19.8 Å². The van der Waals surface area contributed by atoms with E-state index in [9.17, 15) is 4.39 Å². The fraction of sp³-hybridized carbons (Fsp3) is 0.364. The van der Waals surface area contributed by atoms with Crippen LogP contribution < -0.4 is 10.6 Å². The van der Waals surface area contributed by atoms with Crippen LogP contribution in [-0.2, 0) is 11.3 Å². The van der Waals surface area contributed by atoms with E-state index in [1.807, 2.05) is 29.6 Å². The number of thiophene rings is 1. The van der Waals surface area contributed by atoms with E-state index in [2.05, 4.69) is 25.5 Å². The molecule has 1 fully saturated rings. The van der Waals surface area contributed by atoms with Gasteiger partial charge in [0.1, 0.15) is 12.1 Å². The Morgan fingerprint density at radius 3 is 2.69 bits per heavy atom. The van der Waals surface area contributed by atoms with Gasteiger partial charge in [-0.3, -0.25) is 9.89 Å². The maximum atomic E-state index is 13.4. The fourth-order valence-electron chi connectivity index (χ4n) is 3.52. The molecule has 1 saturated heterocycles. The van der Waals surface area contributed by atoms with Gasteiger partial charge >= 0.3 is 0 Å². The van der Waals surface area contributed by atoms with Crippen molar-refractivity contribution in [2.45, 2.75) is 12.6 Å². The third kappa shape index (κ3) is 6.50. The quantitative estimate of drug-likeness (QED) is 0.255. The number of aromatic nitrogens is 1. The first-order valence-corrected chi connectivity index (χ1v) is 11.1. The number of hydrogen-bond acceptors (Lipinski definition) is 6. The molecule has 1 aliphatic heterocycles. The summed E-state index contributed by atoms with van der Waals surface area (Å²) in [6.07, 6.45) is 1.66. The number of morpholine rings is 1. The van der Waals surface area contributed by atoms with Gasteiger partial charge in [-0.05, 0) is 29.1 Å². The van der Waals surface area contributed by atoms with Crippen molar-refractivity contribution in [3.63, 3.8) is 0 Å². The molecule has 1 aliphatic rings. The number of benzene rings is 1. The molecule has 1 aromatic carbocycles. The van der Waals surface area contributed by atoms with Crippen LogP contribution in [0.4, 0.5) is 4.39 Å². The highest BCUT2D eigenvalue weighted by Crippen LogP contribution is 2.24. The van der Waals surface area contributed by atoms with Gasteiger partial charge in [0.05, 0.1) is 36.4 Å². The van der Waals surface area contributed by atoms with E-state index in [1.165, 1.54) is 12.1 Å². The van der Waals surface area contributed by atoms with Crippen molar-refractivity contribution < 1.29 is 13.5 Å². The first-order valence-electron chi connectivity index (χ1n) is 10.2. The topological polar surface area (TPSA) is 74.9 Å². The lowest BCUT2D eigenvalue weighted by Gasteiger charge is -2.35. The average molecular weight is 571 g/mol. The van der Waals surface area contributed by atoms with Gasteiger partial charge in [0, 0.05) is 26.7 Å². The summed E-state index contributed by atoms with van der Waals surface area (Å²) < 4.78 is 24.5. The minimum Gasteiger partial charge on any atom is -0.443 e. The standard InChI is InChI=1S/C22H26FN5O2S.HI/c1-24-22(25-13-18-15-30-21(27-18)20-3-2-12-31-20)26-14-19(28-8-10-29-11-9-28)16-4-6-17(23)7-5-16;/h2-7,12,15,19H,8-11,13-14H2,1H3,(H2,24,25,26);1H. The summed E-state index contributed by atoms with van der Waals surface area (Å²) >= 11 is 1.59. The molecule has 7 nitrogen and oxygen atoms in total. The van der Waals surface area contributed by atoms with Crippen LogP contribution in [0.2, 0.25) is 0 Å². The number of nitrogens with zero attached hydrogens (tertiary/aromatic N) is 3. The average Bonchev–Trinajstić information content (AvgIpc) is 3.50. The van der Waals surface area contributed by atoms with Crippen LogP contribution in [0.1, 0.15) is 17.3 Å². The van der Waals surface area contributed by atoms with Crippen molar-refractivity contribution >= 4 is 41.3 Å². The van der Waals surface area contributed by atoms with E-state index < -0.39 is 0 Å². The van der Waals surface area contributed by atoms with Crippen molar-refractivity contribution in [2.24, 2.45) is 4.99 Å². The van der Waals surface area contributed by atoms with Gasteiger partial charge in [0.15, 0.2) is 5.96 Å². The number of halogens is 2. The minimum absolute atomic E-state index is 0. The Morgan fingerprint density at radius 2 is 2.00 bits per heavy atom. The third-order valence-corrected chi connectivity index (χ3v) is 6.01. The number of hydrogen-bond donors (Lipinski definition) is 2. The van der Waals surface area contributed by atoms with Crippen molar-refractivity contribution in [3.05, 3.63) is 65.1 Å². The molecule has 4 rings (SSSR count). The van der Waals surface area contributed by atoms with Crippen molar-refractivity contribution in [3.8, 4) is 10.8 Å². The van der Waals surface area contributed by atoms with Gasteiger partial charge in [0.2, 0.25) is 5.89 Å². The molecule has 1 unspecified atom stereocenters. The Balaban J connectivity index is 0.00000289. The third-order valence-electron chi connectivity index (χ3n) is 5.15. The molecule has 0 bridgehead atoms. The normalized spacial score (nSPS) is 15.8. The summed E-state index contributed by atoms with van der Waals surface area (Å²) in [4.78, 5) is 12.2. The van der Waals surface area contributed by atoms with Crippen LogP contribution in [0, 0.1) is 5.82 Å². The molecule has 2 aromatic heterocycles. The molecular weight excluding hydrogens is 544 g/mol. The number of aliphatic imine (C=N–C) groups is 1. The number of ether oxygens (including phenoxy) is 1. The molecule has 0 radical (unpaired) electrons. The van der Waals surface area contributed by atoms with Gasteiger partial charge in [0.25, 0.3) is 0 Å². The van der Waals surface area contributed by atoms with Crippen molar-refractivity contribution in [1.82, 2.24) is 20.5 Å². The molecule has 32 heavy (non-hydrogen) atoms. The first-order chi connectivity index (χ1) is 15.2. The lowest BCUT2D eigenvalue weighted by Crippen LogP contribution is -2.46. The summed E-state index contributed by atoms with van der Waals surface area (Å²) in [6.45, 7) is 4.19. The zero-order valence-electron chi connectivity index (χ0n) is 17.8. The molecule has 3 heterocycles. The molecular formula is C22H27FIN5O2S. The summed E-state index contributed by atoms with van der Waals surface area (Å²) in [7, 11) is 1.73. The van der Waals surface area contributed by atoms with Crippen LogP contribution in [0.25, 0.3) is 10.8 Å². The molecule has 10 heteroatoms. The Hall–Kier alpha value is -2.02. The van der Waals surface area contributed by atoms with Crippen molar-refractivity contribution in [2.75, 3.05) is 39.9 Å². The van der Waals surface area contributed by atoms with E-state index in [4.69, 9.17) is 9.15 Å². The molecule has 1 atom stereocenters. The van der Waals surface area contributed by atoms with E-state index >= 15 is 0 Å². The molecule has 0 saturated carbocycles. The molecule has 0 amide bonds. The largest absolute Gasteiger partial charge is 0.443 e. The molecule has 172 valence electrons. The lowest BCUT2D eigenvalue weighted by molar-refractivity contribution is 0.0170. The van der Waals surface area contributed by atoms with E-state index in [0.29, 0.717) is 38.2 Å².